The van der Waals surface area contributed by atoms with Crippen molar-refractivity contribution in [3.8, 4) is 39.8 Å². The zero-order valence-corrected chi connectivity index (χ0v) is 19.5. The summed E-state index contributed by atoms with van der Waals surface area (Å²) in [7, 11) is 1.62. The molecular weight excluding hydrogens is 456 g/mol. The molecule has 1 aliphatic rings. The van der Waals surface area contributed by atoms with Crippen molar-refractivity contribution >= 4 is 11.6 Å². The molecule has 1 N–H and O–H groups in total. The molecule has 1 aliphatic heterocycles. The van der Waals surface area contributed by atoms with Gasteiger partial charge in [0.1, 0.15) is 11.4 Å². The van der Waals surface area contributed by atoms with Gasteiger partial charge < -0.3 is 19.5 Å². The van der Waals surface area contributed by atoms with Crippen molar-refractivity contribution in [2.75, 3.05) is 13.9 Å². The molecule has 2 aromatic heterocycles. The van der Waals surface area contributed by atoms with Crippen LogP contribution in [0.5, 0.6) is 17.2 Å². The van der Waals surface area contributed by atoms with Crippen LogP contribution in [0.25, 0.3) is 28.2 Å². The van der Waals surface area contributed by atoms with E-state index in [1.807, 2.05) is 78.9 Å². The van der Waals surface area contributed by atoms with Crippen LogP contribution in [0.3, 0.4) is 0 Å². The van der Waals surface area contributed by atoms with Crippen molar-refractivity contribution < 1.29 is 19.0 Å². The summed E-state index contributed by atoms with van der Waals surface area (Å²) in [5, 5.41) is 7.76. The van der Waals surface area contributed by atoms with Crippen LogP contribution in [-0.4, -0.2) is 34.4 Å². The molecule has 5 aromatic rings. The molecule has 0 atom stereocenters. The third-order valence-corrected chi connectivity index (χ3v) is 5.98. The van der Waals surface area contributed by atoms with Crippen LogP contribution in [0.4, 0.5) is 0 Å². The second kappa shape index (κ2) is 9.07. The fourth-order valence-electron chi connectivity index (χ4n) is 4.15. The molecule has 0 spiro atoms. The molecule has 0 unspecified atom stereocenters. The summed E-state index contributed by atoms with van der Waals surface area (Å²) < 4.78 is 18.0. The molecule has 0 aliphatic carbocycles. The number of carbonyl (C=O) groups excluding carboxylic acids is 1. The SMILES string of the molecule is COc1cccc(-c2cc(C(=O)NCc3ccc4c(c3)OCO4)nc3cc(-c4ccccc4)nn23)c1. The highest BCUT2D eigenvalue weighted by Gasteiger charge is 2.18. The third-order valence-electron chi connectivity index (χ3n) is 5.98. The van der Waals surface area contributed by atoms with E-state index < -0.39 is 0 Å². The normalized spacial score (nSPS) is 12.0. The highest BCUT2D eigenvalue weighted by molar-refractivity contribution is 5.94. The minimum atomic E-state index is -0.290. The Kier molecular flexibility index (Phi) is 5.46. The van der Waals surface area contributed by atoms with E-state index in [2.05, 4.69) is 10.3 Å². The van der Waals surface area contributed by atoms with Gasteiger partial charge in [-0.3, -0.25) is 4.79 Å². The average Bonchev–Trinajstić information content (AvgIpc) is 3.58. The van der Waals surface area contributed by atoms with Crippen LogP contribution >= 0.6 is 0 Å². The van der Waals surface area contributed by atoms with Gasteiger partial charge in [-0.2, -0.15) is 5.10 Å². The summed E-state index contributed by atoms with van der Waals surface area (Å²) in [6.45, 7) is 0.532. The molecule has 0 saturated heterocycles. The number of hydrogen-bond donors (Lipinski definition) is 1. The van der Waals surface area contributed by atoms with Crippen molar-refractivity contribution in [2.24, 2.45) is 0 Å². The second-order valence-electron chi connectivity index (χ2n) is 8.29. The van der Waals surface area contributed by atoms with Crippen LogP contribution in [0.2, 0.25) is 0 Å². The lowest BCUT2D eigenvalue weighted by molar-refractivity contribution is 0.0946. The number of hydrogen-bond acceptors (Lipinski definition) is 6. The number of aromatic nitrogens is 3. The van der Waals surface area contributed by atoms with Crippen molar-refractivity contribution in [2.45, 2.75) is 6.54 Å². The summed E-state index contributed by atoms with van der Waals surface area (Å²) in [5.74, 6) is 1.80. The Hall–Kier alpha value is -4.85. The molecule has 178 valence electrons. The summed E-state index contributed by atoms with van der Waals surface area (Å²) >= 11 is 0. The Balaban J connectivity index is 1.37. The molecule has 8 heteroatoms. The van der Waals surface area contributed by atoms with Crippen molar-refractivity contribution in [3.63, 3.8) is 0 Å². The Morgan fingerprint density at radius 2 is 1.78 bits per heavy atom. The molecule has 0 saturated carbocycles. The Morgan fingerprint density at radius 3 is 2.64 bits per heavy atom. The number of carbonyl (C=O) groups is 1. The maximum atomic E-state index is 13.2. The second-order valence-corrected chi connectivity index (χ2v) is 8.29. The first-order valence-electron chi connectivity index (χ1n) is 11.5. The van der Waals surface area contributed by atoms with E-state index in [4.69, 9.17) is 19.3 Å². The van der Waals surface area contributed by atoms with E-state index in [1.165, 1.54) is 0 Å². The minimum absolute atomic E-state index is 0.207. The van der Waals surface area contributed by atoms with Gasteiger partial charge in [0.2, 0.25) is 6.79 Å². The number of ether oxygens (including phenoxy) is 3. The third kappa shape index (κ3) is 4.09. The topological polar surface area (TPSA) is 87.0 Å². The van der Waals surface area contributed by atoms with Crippen LogP contribution in [-0.2, 0) is 6.54 Å². The van der Waals surface area contributed by atoms with E-state index in [0.717, 1.165) is 28.1 Å². The fourth-order valence-corrected chi connectivity index (χ4v) is 4.15. The number of fused-ring (bicyclic) bond motifs is 2. The molecule has 3 heterocycles. The molecular formula is C28H22N4O4. The van der Waals surface area contributed by atoms with Crippen LogP contribution < -0.4 is 19.5 Å². The van der Waals surface area contributed by atoms with E-state index >= 15 is 0 Å². The predicted octanol–water partition coefficient (Wildman–Crippen LogP) is 4.73. The van der Waals surface area contributed by atoms with Crippen molar-refractivity contribution in [1.82, 2.24) is 19.9 Å². The largest absolute Gasteiger partial charge is 0.497 e. The molecule has 8 nitrogen and oxygen atoms in total. The monoisotopic (exact) mass is 478 g/mol. The Morgan fingerprint density at radius 1 is 0.944 bits per heavy atom. The maximum Gasteiger partial charge on any atom is 0.270 e. The zero-order chi connectivity index (χ0) is 24.5. The average molecular weight is 479 g/mol. The van der Waals surface area contributed by atoms with Crippen molar-refractivity contribution in [1.29, 1.82) is 0 Å². The number of nitrogens with zero attached hydrogens (tertiary/aromatic N) is 3. The van der Waals surface area contributed by atoms with Crippen molar-refractivity contribution in [3.05, 3.63) is 96.2 Å². The van der Waals surface area contributed by atoms with Gasteiger partial charge in [0.05, 0.1) is 18.5 Å². The maximum absolute atomic E-state index is 13.2. The van der Waals surface area contributed by atoms with Gasteiger partial charge in [0.15, 0.2) is 17.1 Å². The first-order valence-corrected chi connectivity index (χ1v) is 11.5. The highest BCUT2D eigenvalue weighted by atomic mass is 16.7. The van der Waals surface area contributed by atoms with Crippen LogP contribution in [0, 0.1) is 0 Å². The van der Waals surface area contributed by atoms with Gasteiger partial charge in [0.25, 0.3) is 5.91 Å². The molecule has 1 amide bonds. The van der Waals surface area contributed by atoms with E-state index in [-0.39, 0.29) is 12.7 Å². The molecule has 0 bridgehead atoms. The lowest BCUT2D eigenvalue weighted by Gasteiger charge is -2.10. The smallest absolute Gasteiger partial charge is 0.270 e. The van der Waals surface area contributed by atoms with Crippen LogP contribution in [0.15, 0.2) is 84.9 Å². The molecule has 0 radical (unpaired) electrons. The summed E-state index contributed by atoms with van der Waals surface area (Å²) in [6, 6.07) is 26.7. The first kappa shape index (κ1) is 21.7. The summed E-state index contributed by atoms with van der Waals surface area (Å²) in [6.07, 6.45) is 0. The van der Waals surface area contributed by atoms with Gasteiger partial charge in [0, 0.05) is 23.7 Å². The zero-order valence-electron chi connectivity index (χ0n) is 19.5. The molecule has 3 aromatic carbocycles. The summed E-state index contributed by atoms with van der Waals surface area (Å²) in [4.78, 5) is 17.8. The molecule has 6 rings (SSSR count). The highest BCUT2D eigenvalue weighted by Crippen LogP contribution is 2.32. The van der Waals surface area contributed by atoms with Crippen LogP contribution in [0.1, 0.15) is 16.1 Å². The number of benzene rings is 3. The lowest BCUT2D eigenvalue weighted by atomic mass is 10.1. The predicted molar refractivity (Wildman–Crippen MR) is 134 cm³/mol. The van der Waals surface area contributed by atoms with Gasteiger partial charge >= 0.3 is 0 Å². The lowest BCUT2D eigenvalue weighted by Crippen LogP contribution is -2.24. The quantitative estimate of drug-likeness (QED) is 0.380. The standard InChI is InChI=1S/C28H22N4O4/c1-34-21-9-5-8-20(13-21)24-14-23(28(33)29-16-18-10-11-25-26(12-18)36-17-35-25)30-27-15-22(31-32(24)27)19-6-3-2-4-7-19/h2-15H,16-17H2,1H3,(H,29,33). The van der Waals surface area contributed by atoms with E-state index in [1.54, 1.807) is 17.7 Å². The molecule has 0 fully saturated rings. The van der Waals surface area contributed by atoms with Gasteiger partial charge in [-0.05, 0) is 35.9 Å². The van der Waals surface area contributed by atoms with E-state index in [0.29, 0.717) is 35.1 Å². The van der Waals surface area contributed by atoms with Gasteiger partial charge in [-0.25, -0.2) is 9.50 Å². The number of rotatable bonds is 6. The first-order chi connectivity index (χ1) is 17.7. The number of amides is 1. The number of methoxy groups -OCH3 is 1. The number of nitrogens with one attached hydrogen (secondary N) is 1. The fraction of sp³-hybridized carbons (Fsp3) is 0.107. The Labute approximate surface area is 207 Å². The summed E-state index contributed by atoms with van der Waals surface area (Å²) in [5.41, 5.74) is 5.09. The van der Waals surface area contributed by atoms with E-state index in [9.17, 15) is 4.79 Å². The molecule has 36 heavy (non-hydrogen) atoms. The minimum Gasteiger partial charge on any atom is -0.497 e. The van der Waals surface area contributed by atoms with Gasteiger partial charge in [-0.1, -0.05) is 48.5 Å². The van der Waals surface area contributed by atoms with Gasteiger partial charge in [-0.15, -0.1) is 0 Å². The Bertz CT molecular complexity index is 1580.